The minimum absolute atomic E-state index is 0.0957. The molecule has 0 aliphatic rings. The first-order chi connectivity index (χ1) is 6.46. The van der Waals surface area contributed by atoms with E-state index in [2.05, 4.69) is 11.2 Å². The molecule has 1 amide bonds. The van der Waals surface area contributed by atoms with Gasteiger partial charge in [0.2, 0.25) is 5.91 Å². The van der Waals surface area contributed by atoms with Gasteiger partial charge in [0.05, 0.1) is 12.1 Å². The Balaban J connectivity index is 4.03. The van der Waals surface area contributed by atoms with Crippen LogP contribution in [0.1, 0.15) is 27.7 Å². The molecule has 0 bridgehead atoms. The average molecular weight is 196 g/mol. The average Bonchev–Trinajstić information content (AvgIpc) is 2.17. The van der Waals surface area contributed by atoms with Crippen molar-refractivity contribution in [3.05, 3.63) is 0 Å². The van der Waals surface area contributed by atoms with Crippen molar-refractivity contribution in [3.63, 3.8) is 0 Å². The number of hydrogen-bond donors (Lipinski definition) is 1. The first-order valence-electron chi connectivity index (χ1n) is 4.97. The summed E-state index contributed by atoms with van der Waals surface area (Å²) in [4.78, 5) is 13.3. The Morgan fingerprint density at radius 1 is 1.43 bits per heavy atom. The molecule has 3 nitrogen and oxygen atoms in total. The number of amides is 1. The van der Waals surface area contributed by atoms with Crippen LogP contribution in [0, 0.1) is 12.3 Å². The molecule has 0 spiro atoms. The summed E-state index contributed by atoms with van der Waals surface area (Å²) in [6.07, 6.45) is 5.30. The minimum Gasteiger partial charge on any atom is -0.342 e. The zero-order valence-corrected chi connectivity index (χ0v) is 9.55. The molecule has 0 saturated carbocycles. The molecule has 0 radical (unpaired) electrons. The van der Waals surface area contributed by atoms with Gasteiger partial charge in [0.15, 0.2) is 0 Å². The second kappa shape index (κ2) is 5.66. The molecule has 0 unspecified atom stereocenters. The second-order valence-corrected chi connectivity index (χ2v) is 3.69. The molecule has 0 fully saturated rings. The Hall–Kier alpha value is -1.01. The third-order valence-corrected chi connectivity index (χ3v) is 2.16. The molecule has 0 heterocycles. The van der Waals surface area contributed by atoms with Crippen molar-refractivity contribution in [2.24, 2.45) is 0 Å². The summed E-state index contributed by atoms with van der Waals surface area (Å²) in [6.45, 7) is 9.48. The van der Waals surface area contributed by atoms with Crippen LogP contribution < -0.4 is 5.32 Å². The summed E-state index contributed by atoms with van der Waals surface area (Å²) in [5.41, 5.74) is -0.414. The number of likely N-dealkylation sites (N-methyl/N-ethyl adjacent to an activating group) is 1. The Morgan fingerprint density at radius 2 is 1.93 bits per heavy atom. The van der Waals surface area contributed by atoms with Crippen molar-refractivity contribution < 1.29 is 4.79 Å². The van der Waals surface area contributed by atoms with Crippen LogP contribution in [0.25, 0.3) is 0 Å². The molecule has 80 valence electrons. The van der Waals surface area contributed by atoms with E-state index < -0.39 is 5.54 Å². The first kappa shape index (κ1) is 13.0. The summed E-state index contributed by atoms with van der Waals surface area (Å²) < 4.78 is 0. The number of nitrogens with one attached hydrogen (secondary N) is 1. The van der Waals surface area contributed by atoms with Gasteiger partial charge in [-0.1, -0.05) is 5.92 Å². The van der Waals surface area contributed by atoms with Gasteiger partial charge < -0.3 is 4.90 Å². The van der Waals surface area contributed by atoms with Crippen LogP contribution in [-0.2, 0) is 4.79 Å². The second-order valence-electron chi connectivity index (χ2n) is 3.69. The molecular weight excluding hydrogens is 176 g/mol. The fourth-order valence-corrected chi connectivity index (χ4v) is 1.04. The van der Waals surface area contributed by atoms with Crippen LogP contribution >= 0.6 is 0 Å². The number of hydrogen-bond acceptors (Lipinski definition) is 2. The van der Waals surface area contributed by atoms with E-state index >= 15 is 0 Å². The van der Waals surface area contributed by atoms with Gasteiger partial charge >= 0.3 is 0 Å². The normalized spacial score (nSPS) is 10.8. The first-order valence-corrected chi connectivity index (χ1v) is 4.97. The van der Waals surface area contributed by atoms with Crippen LogP contribution in [0.5, 0.6) is 0 Å². The molecule has 0 aromatic heterocycles. The van der Waals surface area contributed by atoms with Gasteiger partial charge in [0.25, 0.3) is 0 Å². The lowest BCUT2D eigenvalue weighted by Gasteiger charge is -2.23. The fraction of sp³-hybridized carbons (Fsp3) is 0.727. The molecule has 0 rings (SSSR count). The predicted molar refractivity (Wildman–Crippen MR) is 58.8 cm³/mol. The maximum Gasteiger partial charge on any atom is 0.236 e. The van der Waals surface area contributed by atoms with Gasteiger partial charge in [0, 0.05) is 13.1 Å². The van der Waals surface area contributed by atoms with Crippen molar-refractivity contribution >= 4 is 5.91 Å². The minimum atomic E-state index is -0.414. The monoisotopic (exact) mass is 196 g/mol. The molecule has 0 atom stereocenters. The quantitative estimate of drug-likeness (QED) is 0.661. The van der Waals surface area contributed by atoms with Crippen LogP contribution in [0.4, 0.5) is 0 Å². The molecule has 0 saturated heterocycles. The van der Waals surface area contributed by atoms with Crippen LogP contribution in [-0.4, -0.2) is 36.0 Å². The molecule has 0 aromatic rings. The van der Waals surface area contributed by atoms with Crippen molar-refractivity contribution in [2.75, 3.05) is 19.6 Å². The highest BCUT2D eigenvalue weighted by atomic mass is 16.2. The summed E-state index contributed by atoms with van der Waals surface area (Å²) in [5.74, 6) is 2.69. The van der Waals surface area contributed by atoms with Gasteiger partial charge in [-0.25, -0.2) is 0 Å². The highest BCUT2D eigenvalue weighted by Crippen LogP contribution is 1.98. The lowest BCUT2D eigenvalue weighted by molar-refractivity contribution is -0.130. The number of carbonyl (C=O) groups excluding carboxylic acids is 1. The van der Waals surface area contributed by atoms with E-state index in [0.717, 1.165) is 13.1 Å². The lowest BCUT2D eigenvalue weighted by atomic mass is 10.1. The highest BCUT2D eigenvalue weighted by Gasteiger charge is 2.16. The Bertz CT molecular complexity index is 224. The van der Waals surface area contributed by atoms with Gasteiger partial charge in [-0.2, -0.15) is 0 Å². The van der Waals surface area contributed by atoms with Gasteiger partial charge in [0.1, 0.15) is 0 Å². The summed E-state index contributed by atoms with van der Waals surface area (Å²) in [5, 5.41) is 3.03. The van der Waals surface area contributed by atoms with E-state index in [9.17, 15) is 4.79 Å². The number of nitrogens with zero attached hydrogens (tertiary/aromatic N) is 1. The molecular formula is C11H20N2O. The molecule has 0 aliphatic carbocycles. The van der Waals surface area contributed by atoms with Crippen LogP contribution in [0.2, 0.25) is 0 Å². The Kier molecular flexibility index (Phi) is 5.26. The SMILES string of the molecule is C#CC(C)(C)NCC(=O)N(CC)CC. The summed E-state index contributed by atoms with van der Waals surface area (Å²) in [6, 6.07) is 0. The van der Waals surface area contributed by atoms with E-state index in [4.69, 9.17) is 6.42 Å². The molecule has 0 aromatic carbocycles. The lowest BCUT2D eigenvalue weighted by Crippen LogP contribution is -2.45. The van der Waals surface area contributed by atoms with E-state index in [0.29, 0.717) is 6.54 Å². The van der Waals surface area contributed by atoms with Gasteiger partial charge in [-0.05, 0) is 27.7 Å². The maximum absolute atomic E-state index is 11.6. The number of terminal acetylenes is 1. The summed E-state index contributed by atoms with van der Waals surface area (Å²) in [7, 11) is 0. The van der Waals surface area contributed by atoms with Crippen molar-refractivity contribution in [1.29, 1.82) is 0 Å². The zero-order valence-electron chi connectivity index (χ0n) is 9.55. The molecule has 14 heavy (non-hydrogen) atoms. The van der Waals surface area contributed by atoms with Gasteiger partial charge in [-0.3, -0.25) is 10.1 Å². The number of carbonyl (C=O) groups is 1. The van der Waals surface area contributed by atoms with Crippen molar-refractivity contribution in [3.8, 4) is 12.3 Å². The maximum atomic E-state index is 11.6. The van der Waals surface area contributed by atoms with E-state index in [1.54, 1.807) is 4.90 Å². The largest absolute Gasteiger partial charge is 0.342 e. The van der Waals surface area contributed by atoms with E-state index in [1.165, 1.54) is 0 Å². The molecule has 3 heteroatoms. The standard InChI is InChI=1S/C11H20N2O/c1-6-11(4,5)12-9-10(14)13(7-2)8-3/h1,12H,7-9H2,2-5H3. The molecule has 0 aliphatic heterocycles. The fourth-order valence-electron chi connectivity index (χ4n) is 1.04. The number of rotatable bonds is 5. The predicted octanol–water partition coefficient (Wildman–Crippen LogP) is 0.856. The van der Waals surface area contributed by atoms with Crippen LogP contribution in [0.3, 0.4) is 0 Å². The zero-order chi connectivity index (χ0) is 11.2. The van der Waals surface area contributed by atoms with E-state index in [1.807, 2.05) is 27.7 Å². The smallest absolute Gasteiger partial charge is 0.236 e. The third-order valence-electron chi connectivity index (χ3n) is 2.16. The molecule has 1 N–H and O–H groups in total. The summed E-state index contributed by atoms with van der Waals surface area (Å²) >= 11 is 0. The third kappa shape index (κ3) is 4.29. The topological polar surface area (TPSA) is 32.3 Å². The Morgan fingerprint density at radius 3 is 2.29 bits per heavy atom. The van der Waals surface area contributed by atoms with Crippen molar-refractivity contribution in [2.45, 2.75) is 33.2 Å². The van der Waals surface area contributed by atoms with Crippen molar-refractivity contribution in [1.82, 2.24) is 10.2 Å². The van der Waals surface area contributed by atoms with Crippen LogP contribution in [0.15, 0.2) is 0 Å². The van der Waals surface area contributed by atoms with E-state index in [-0.39, 0.29) is 5.91 Å². The van der Waals surface area contributed by atoms with Gasteiger partial charge in [-0.15, -0.1) is 6.42 Å². The highest BCUT2D eigenvalue weighted by molar-refractivity contribution is 5.78. The Labute approximate surface area is 86.9 Å².